The molecule has 82 valence electrons. The normalized spacial score (nSPS) is 25.2. The second kappa shape index (κ2) is 3.80. The van der Waals surface area contributed by atoms with E-state index < -0.39 is 9.84 Å². The molecule has 0 N–H and O–H groups in total. The first kappa shape index (κ1) is 11.0. The van der Waals surface area contributed by atoms with E-state index in [0.29, 0.717) is 5.02 Å². The fourth-order valence-electron chi connectivity index (χ4n) is 1.87. The van der Waals surface area contributed by atoms with Gasteiger partial charge in [-0.3, -0.25) is 0 Å². The summed E-state index contributed by atoms with van der Waals surface area (Å²) in [5.74, 6) is 0.392. The Morgan fingerprint density at radius 3 is 2.80 bits per heavy atom. The van der Waals surface area contributed by atoms with E-state index in [1.54, 1.807) is 13.0 Å². The average Bonchev–Trinajstić information content (AvgIpc) is 2.98. The van der Waals surface area contributed by atoms with Gasteiger partial charge in [0.2, 0.25) is 0 Å². The first-order chi connectivity index (χ1) is 7.04. The summed E-state index contributed by atoms with van der Waals surface area (Å²) < 4.78 is 23.2. The van der Waals surface area contributed by atoms with Crippen LogP contribution in [0.3, 0.4) is 0 Å². The second-order valence-corrected chi connectivity index (χ2v) is 6.83. The number of halogens is 1. The lowest BCUT2D eigenvalue weighted by molar-refractivity contribution is 0.595. The van der Waals surface area contributed by atoms with Crippen LogP contribution < -0.4 is 0 Å². The predicted octanol–water partition coefficient (Wildman–Crippen LogP) is 2.63. The molecule has 0 saturated heterocycles. The number of rotatable bonds is 3. The monoisotopic (exact) mass is 244 g/mol. The Balaban J connectivity index is 2.18. The average molecular weight is 245 g/mol. The highest BCUT2D eigenvalue weighted by Gasteiger charge is 2.46. The van der Waals surface area contributed by atoms with E-state index in [1.807, 2.05) is 18.2 Å². The van der Waals surface area contributed by atoms with Gasteiger partial charge in [-0.25, -0.2) is 8.42 Å². The van der Waals surface area contributed by atoms with Gasteiger partial charge in [-0.05, 0) is 24.1 Å². The third kappa shape index (κ3) is 2.18. The third-order valence-corrected chi connectivity index (χ3v) is 5.36. The lowest BCUT2D eigenvalue weighted by Crippen LogP contribution is -2.10. The molecule has 1 aliphatic rings. The van der Waals surface area contributed by atoms with Crippen molar-refractivity contribution in [3.05, 3.63) is 34.9 Å². The van der Waals surface area contributed by atoms with Gasteiger partial charge in [0.15, 0.2) is 9.84 Å². The van der Waals surface area contributed by atoms with Gasteiger partial charge in [-0.2, -0.15) is 0 Å². The smallest absolute Gasteiger partial charge is 0.153 e. The van der Waals surface area contributed by atoms with Gasteiger partial charge in [0.1, 0.15) is 0 Å². The quantitative estimate of drug-likeness (QED) is 0.819. The largest absolute Gasteiger partial charge is 0.229 e. The highest BCUT2D eigenvalue weighted by molar-refractivity contribution is 7.92. The molecular weight excluding hydrogens is 232 g/mol. The molecule has 0 aliphatic heterocycles. The molecule has 2 atom stereocenters. The molecule has 4 heteroatoms. The van der Waals surface area contributed by atoms with Gasteiger partial charge in [0, 0.05) is 16.7 Å². The topological polar surface area (TPSA) is 34.1 Å². The van der Waals surface area contributed by atoms with Crippen molar-refractivity contribution in [1.29, 1.82) is 0 Å². The Labute approximate surface area is 95.2 Å². The zero-order chi connectivity index (χ0) is 11.1. The minimum atomic E-state index is -2.88. The van der Waals surface area contributed by atoms with E-state index in [2.05, 4.69) is 0 Å². The second-order valence-electron chi connectivity index (χ2n) is 3.89. The van der Waals surface area contributed by atoms with Crippen molar-refractivity contribution in [2.75, 3.05) is 5.75 Å². The third-order valence-electron chi connectivity index (χ3n) is 2.87. The van der Waals surface area contributed by atoms with E-state index in [0.717, 1.165) is 12.0 Å². The van der Waals surface area contributed by atoms with Gasteiger partial charge in [0.05, 0.1) is 5.25 Å². The highest BCUT2D eigenvalue weighted by atomic mass is 35.5. The molecule has 0 spiro atoms. The molecule has 0 radical (unpaired) electrons. The van der Waals surface area contributed by atoms with Crippen molar-refractivity contribution in [2.24, 2.45) is 0 Å². The number of benzene rings is 1. The minimum Gasteiger partial charge on any atom is -0.229 e. The first-order valence-corrected chi connectivity index (χ1v) is 7.11. The van der Waals surface area contributed by atoms with Crippen LogP contribution >= 0.6 is 11.6 Å². The van der Waals surface area contributed by atoms with Crippen LogP contribution in [-0.4, -0.2) is 19.4 Å². The summed E-state index contributed by atoms with van der Waals surface area (Å²) in [5, 5.41) is 0.494. The fraction of sp³-hybridized carbons (Fsp3) is 0.455. The number of sulfone groups is 1. The molecule has 15 heavy (non-hydrogen) atoms. The van der Waals surface area contributed by atoms with Crippen LogP contribution in [0.1, 0.15) is 24.8 Å². The molecule has 2 nitrogen and oxygen atoms in total. The van der Waals surface area contributed by atoms with Crippen molar-refractivity contribution in [1.82, 2.24) is 0 Å². The Bertz CT molecular complexity index is 467. The molecule has 1 aliphatic carbocycles. The van der Waals surface area contributed by atoms with Crippen LogP contribution in [0.15, 0.2) is 24.3 Å². The molecule has 1 fully saturated rings. The fourth-order valence-corrected chi connectivity index (χ4v) is 3.66. The molecular formula is C11H13ClO2S. The van der Waals surface area contributed by atoms with Crippen LogP contribution in [-0.2, 0) is 9.84 Å². The zero-order valence-corrected chi connectivity index (χ0v) is 10.1. The maximum Gasteiger partial charge on any atom is 0.153 e. The number of hydrogen-bond acceptors (Lipinski definition) is 2. The maximum absolute atomic E-state index is 11.6. The molecule has 0 bridgehead atoms. The van der Waals surface area contributed by atoms with Crippen molar-refractivity contribution >= 4 is 21.4 Å². The molecule has 0 heterocycles. The van der Waals surface area contributed by atoms with Gasteiger partial charge in [-0.1, -0.05) is 30.7 Å². The zero-order valence-electron chi connectivity index (χ0n) is 8.48. The minimum absolute atomic E-state index is 0.161. The maximum atomic E-state index is 11.6. The lowest BCUT2D eigenvalue weighted by Gasteiger charge is -2.01. The summed E-state index contributed by atoms with van der Waals surface area (Å²) >= 11 is 5.86. The summed E-state index contributed by atoms with van der Waals surface area (Å²) in [5.41, 5.74) is 1.05. The molecule has 0 amide bonds. The number of hydrogen-bond donors (Lipinski definition) is 0. The molecule has 2 rings (SSSR count). The predicted molar refractivity (Wildman–Crippen MR) is 62.1 cm³/mol. The van der Waals surface area contributed by atoms with Crippen LogP contribution in [0.25, 0.3) is 0 Å². The summed E-state index contributed by atoms with van der Waals surface area (Å²) in [6.07, 6.45) is 0.747. The van der Waals surface area contributed by atoms with Crippen LogP contribution in [0, 0.1) is 0 Å². The van der Waals surface area contributed by atoms with Crippen LogP contribution in [0.4, 0.5) is 0 Å². The lowest BCUT2D eigenvalue weighted by atomic mass is 10.1. The Morgan fingerprint density at radius 1 is 1.47 bits per heavy atom. The van der Waals surface area contributed by atoms with E-state index in [-0.39, 0.29) is 16.9 Å². The van der Waals surface area contributed by atoms with Crippen molar-refractivity contribution < 1.29 is 8.42 Å². The highest BCUT2D eigenvalue weighted by Crippen LogP contribution is 2.46. The molecule has 0 aromatic heterocycles. The van der Waals surface area contributed by atoms with E-state index in [4.69, 9.17) is 11.6 Å². The Morgan fingerprint density at radius 2 is 2.20 bits per heavy atom. The summed E-state index contributed by atoms with van der Waals surface area (Å²) in [6, 6.07) is 7.47. The Kier molecular flexibility index (Phi) is 2.77. The standard InChI is InChI=1S/C11H13ClO2S/c1-2-15(13,14)11-7-10(11)8-4-3-5-9(12)6-8/h3-6,10-11H,2,7H2,1H3/t10-,11+/m0/s1. The molecule has 0 unspecified atom stereocenters. The van der Waals surface area contributed by atoms with Gasteiger partial charge >= 0.3 is 0 Å². The molecule has 1 saturated carbocycles. The Hall–Kier alpha value is -0.540. The van der Waals surface area contributed by atoms with E-state index in [1.165, 1.54) is 0 Å². The van der Waals surface area contributed by atoms with Crippen LogP contribution in [0.5, 0.6) is 0 Å². The summed E-state index contributed by atoms with van der Waals surface area (Å²) in [7, 11) is -2.88. The van der Waals surface area contributed by atoms with Gasteiger partial charge < -0.3 is 0 Å². The van der Waals surface area contributed by atoms with Crippen molar-refractivity contribution in [3.63, 3.8) is 0 Å². The van der Waals surface area contributed by atoms with Crippen molar-refractivity contribution in [3.8, 4) is 0 Å². The van der Waals surface area contributed by atoms with E-state index >= 15 is 0 Å². The first-order valence-electron chi connectivity index (χ1n) is 5.01. The van der Waals surface area contributed by atoms with E-state index in [9.17, 15) is 8.42 Å². The SMILES string of the molecule is CCS(=O)(=O)[C@@H]1C[C@H]1c1cccc(Cl)c1. The van der Waals surface area contributed by atoms with Gasteiger partial charge in [-0.15, -0.1) is 0 Å². The molecule has 1 aromatic rings. The summed E-state index contributed by atoms with van der Waals surface area (Å²) in [4.78, 5) is 0. The molecule has 1 aromatic carbocycles. The van der Waals surface area contributed by atoms with Crippen LogP contribution in [0.2, 0.25) is 5.02 Å². The van der Waals surface area contributed by atoms with Crippen molar-refractivity contribution in [2.45, 2.75) is 24.5 Å². The van der Waals surface area contributed by atoms with Gasteiger partial charge in [0.25, 0.3) is 0 Å². The summed E-state index contributed by atoms with van der Waals surface area (Å²) in [6.45, 7) is 1.70.